The van der Waals surface area contributed by atoms with E-state index >= 15 is 0 Å². The Labute approximate surface area is 77.4 Å². The molecule has 0 fully saturated rings. The molecular weight excluding hydrogens is 144 g/mol. The second-order valence-corrected chi connectivity index (χ2v) is 3.27. The summed E-state index contributed by atoms with van der Waals surface area (Å²) in [7, 11) is 0. The summed E-state index contributed by atoms with van der Waals surface area (Å²) in [5.74, 6) is 0. The van der Waals surface area contributed by atoms with Crippen molar-refractivity contribution in [3.8, 4) is 0 Å². The van der Waals surface area contributed by atoms with Crippen molar-refractivity contribution < 1.29 is 0 Å². The third kappa shape index (κ3) is 4.38. The maximum Gasteiger partial charge on any atom is -0.0315 e. The van der Waals surface area contributed by atoms with Gasteiger partial charge in [0.15, 0.2) is 0 Å². The molecule has 0 atom stereocenters. The highest BCUT2D eigenvalue weighted by atomic mass is 14.0. The Hall–Kier alpha value is -0.520. The van der Waals surface area contributed by atoms with Gasteiger partial charge in [0.2, 0.25) is 0 Å². The van der Waals surface area contributed by atoms with Crippen LogP contribution in [0.4, 0.5) is 0 Å². The van der Waals surface area contributed by atoms with Crippen molar-refractivity contribution in [2.24, 2.45) is 0 Å². The number of unbranched alkanes of at least 4 members (excludes halogenated alkanes) is 1. The van der Waals surface area contributed by atoms with Gasteiger partial charge in [-0.2, -0.15) is 0 Å². The van der Waals surface area contributed by atoms with Gasteiger partial charge in [-0.1, -0.05) is 31.1 Å². The maximum atomic E-state index is 3.73. The highest BCUT2D eigenvalue weighted by Crippen LogP contribution is 2.17. The molecule has 0 saturated heterocycles. The van der Waals surface area contributed by atoms with Gasteiger partial charge in [-0.05, 0) is 39.0 Å². The van der Waals surface area contributed by atoms with Crippen molar-refractivity contribution in [2.75, 3.05) is 0 Å². The predicted molar refractivity (Wildman–Crippen MR) is 57.3 cm³/mol. The van der Waals surface area contributed by atoms with Crippen molar-refractivity contribution in [3.05, 3.63) is 23.8 Å². The van der Waals surface area contributed by atoms with Crippen LogP contribution in [0.1, 0.15) is 52.9 Å². The van der Waals surface area contributed by atoms with Crippen LogP contribution in [0, 0.1) is 0 Å². The molecule has 0 N–H and O–H groups in total. The minimum Gasteiger partial charge on any atom is -0.103 e. The van der Waals surface area contributed by atoms with Gasteiger partial charge in [0.05, 0.1) is 0 Å². The Kier molecular flexibility index (Phi) is 6.84. The molecule has 0 aliphatic heterocycles. The molecule has 0 saturated carbocycles. The van der Waals surface area contributed by atoms with Crippen LogP contribution in [0.3, 0.4) is 0 Å². The van der Waals surface area contributed by atoms with E-state index in [0.717, 1.165) is 6.42 Å². The van der Waals surface area contributed by atoms with E-state index in [1.165, 1.54) is 25.7 Å². The average molecular weight is 166 g/mol. The number of hydrogen-bond acceptors (Lipinski definition) is 0. The van der Waals surface area contributed by atoms with E-state index < -0.39 is 0 Å². The first-order chi connectivity index (χ1) is 5.76. The van der Waals surface area contributed by atoms with Gasteiger partial charge in [0.25, 0.3) is 0 Å². The summed E-state index contributed by atoms with van der Waals surface area (Å²) >= 11 is 0. The van der Waals surface area contributed by atoms with Crippen molar-refractivity contribution in [3.63, 3.8) is 0 Å². The van der Waals surface area contributed by atoms with Crippen molar-refractivity contribution in [1.82, 2.24) is 0 Å². The fourth-order valence-electron chi connectivity index (χ4n) is 1.40. The van der Waals surface area contributed by atoms with E-state index in [0.29, 0.717) is 0 Å². The number of hydrogen-bond donors (Lipinski definition) is 0. The highest BCUT2D eigenvalue weighted by Gasteiger charge is 1.97. The van der Waals surface area contributed by atoms with Crippen LogP contribution in [0.2, 0.25) is 0 Å². The minimum absolute atomic E-state index is 1.15. The molecule has 0 radical (unpaired) electrons. The summed E-state index contributed by atoms with van der Waals surface area (Å²) in [5.41, 5.74) is 3.24. The van der Waals surface area contributed by atoms with E-state index in [1.54, 1.807) is 11.1 Å². The second kappa shape index (κ2) is 7.15. The summed E-state index contributed by atoms with van der Waals surface area (Å²) in [4.78, 5) is 0. The molecule has 0 nitrogen and oxygen atoms in total. The molecule has 0 aromatic rings. The van der Waals surface area contributed by atoms with Crippen molar-refractivity contribution >= 4 is 0 Å². The summed E-state index contributed by atoms with van der Waals surface area (Å²) in [6.45, 7) is 10.5. The van der Waals surface area contributed by atoms with E-state index in [2.05, 4.69) is 27.4 Å². The Balaban J connectivity index is 3.90. The molecular formula is C12H22. The zero-order valence-corrected chi connectivity index (χ0v) is 8.82. The van der Waals surface area contributed by atoms with Crippen molar-refractivity contribution in [1.29, 1.82) is 0 Å². The normalized spacial score (nSPS) is 12.6. The second-order valence-electron chi connectivity index (χ2n) is 3.27. The topological polar surface area (TPSA) is 0 Å². The van der Waals surface area contributed by atoms with Gasteiger partial charge < -0.3 is 0 Å². The quantitative estimate of drug-likeness (QED) is 0.403. The Morgan fingerprint density at radius 1 is 1.25 bits per heavy atom. The van der Waals surface area contributed by atoms with Crippen LogP contribution in [0.25, 0.3) is 0 Å². The summed E-state index contributed by atoms with van der Waals surface area (Å²) in [6, 6.07) is 0. The number of allylic oxidation sites excluding steroid dienone is 3. The molecule has 0 aliphatic carbocycles. The first kappa shape index (κ1) is 11.5. The Morgan fingerprint density at radius 3 is 2.33 bits per heavy atom. The molecule has 0 rings (SSSR count). The van der Waals surface area contributed by atoms with E-state index in [9.17, 15) is 0 Å². The molecule has 0 spiro atoms. The van der Waals surface area contributed by atoms with Crippen molar-refractivity contribution in [2.45, 2.75) is 52.9 Å². The van der Waals surface area contributed by atoms with Gasteiger partial charge in [-0.25, -0.2) is 0 Å². The van der Waals surface area contributed by atoms with Crippen LogP contribution in [0.15, 0.2) is 23.8 Å². The fraction of sp³-hybridized carbons (Fsp3) is 0.667. The molecule has 0 aliphatic rings. The standard InChI is InChI=1S/C12H22/c1-5-8-9-10-12(7-3)11(4)6-2/h5H,1,6-10H2,2-4H3/b12-11-. The zero-order valence-electron chi connectivity index (χ0n) is 8.82. The smallest absolute Gasteiger partial charge is 0.0315 e. The third-order valence-corrected chi connectivity index (χ3v) is 2.45. The van der Waals surface area contributed by atoms with Crippen LogP contribution in [-0.2, 0) is 0 Å². The SMILES string of the molecule is C=CCCC/C(CC)=C(/C)CC. The molecule has 0 amide bonds. The first-order valence-electron chi connectivity index (χ1n) is 5.04. The van der Waals surface area contributed by atoms with Crippen LogP contribution in [0.5, 0.6) is 0 Å². The van der Waals surface area contributed by atoms with E-state index in [4.69, 9.17) is 0 Å². The molecule has 0 heteroatoms. The van der Waals surface area contributed by atoms with Gasteiger partial charge in [-0.15, -0.1) is 6.58 Å². The van der Waals surface area contributed by atoms with Gasteiger partial charge in [0, 0.05) is 0 Å². The van der Waals surface area contributed by atoms with Gasteiger partial charge >= 0.3 is 0 Å². The third-order valence-electron chi connectivity index (χ3n) is 2.45. The van der Waals surface area contributed by atoms with Gasteiger partial charge in [0.1, 0.15) is 0 Å². The number of rotatable bonds is 6. The molecule has 0 unspecified atom stereocenters. The van der Waals surface area contributed by atoms with E-state index in [-0.39, 0.29) is 0 Å². The average Bonchev–Trinajstić information content (AvgIpc) is 2.11. The summed E-state index contributed by atoms with van der Waals surface area (Å²) in [6.07, 6.45) is 8.12. The highest BCUT2D eigenvalue weighted by molar-refractivity contribution is 5.11. The lowest BCUT2D eigenvalue weighted by molar-refractivity contribution is 0.784. The Morgan fingerprint density at radius 2 is 1.92 bits per heavy atom. The lowest BCUT2D eigenvalue weighted by Gasteiger charge is -2.07. The zero-order chi connectivity index (χ0) is 9.40. The molecule has 0 heterocycles. The largest absolute Gasteiger partial charge is 0.103 e. The first-order valence-corrected chi connectivity index (χ1v) is 5.04. The molecule has 0 aromatic heterocycles. The van der Waals surface area contributed by atoms with Crippen LogP contribution >= 0.6 is 0 Å². The van der Waals surface area contributed by atoms with Crippen LogP contribution in [-0.4, -0.2) is 0 Å². The maximum absolute atomic E-state index is 3.73. The Bertz CT molecular complexity index is 151. The summed E-state index contributed by atoms with van der Waals surface area (Å²) in [5, 5.41) is 0. The minimum atomic E-state index is 1.15. The lowest BCUT2D eigenvalue weighted by Crippen LogP contribution is -1.87. The van der Waals surface area contributed by atoms with Gasteiger partial charge in [-0.3, -0.25) is 0 Å². The monoisotopic (exact) mass is 166 g/mol. The summed E-state index contributed by atoms with van der Waals surface area (Å²) < 4.78 is 0. The van der Waals surface area contributed by atoms with Crippen LogP contribution < -0.4 is 0 Å². The molecule has 70 valence electrons. The molecule has 12 heavy (non-hydrogen) atoms. The fourth-order valence-corrected chi connectivity index (χ4v) is 1.40. The molecule has 0 bridgehead atoms. The lowest BCUT2D eigenvalue weighted by atomic mass is 9.99. The predicted octanol–water partition coefficient (Wildman–Crippen LogP) is 4.48. The van der Waals surface area contributed by atoms with E-state index in [1.807, 2.05) is 6.08 Å². The molecule has 0 aromatic carbocycles.